The van der Waals surface area contributed by atoms with Crippen LogP contribution in [-0.2, 0) is 17.2 Å². The molecule has 5 N–H and O–H groups in total. The van der Waals surface area contributed by atoms with E-state index in [2.05, 4.69) is 0 Å². The van der Waals surface area contributed by atoms with Crippen LogP contribution in [0.5, 0.6) is 0 Å². The standard InChI is InChI=1S/C22H26ClF3NO5PS/c1-2-8-21(27,10-11-33(30,31)32)9-7-14-3-5-16(13-18(14)23)34-19-12-15(22(24,25)26)4-6-17(19)20(28)29/h3-6,12-13H,2,7-11,27H2,1H3,(H,28,29)(H2,30,31,32)/t21-/m0/s1. The van der Waals surface area contributed by atoms with Crippen LogP contribution in [0.4, 0.5) is 13.2 Å². The van der Waals surface area contributed by atoms with Crippen LogP contribution in [0.1, 0.15) is 54.1 Å². The lowest BCUT2D eigenvalue weighted by molar-refractivity contribution is -0.137. The molecule has 0 amide bonds. The number of hydrogen-bond acceptors (Lipinski definition) is 4. The third-order valence-electron chi connectivity index (χ3n) is 5.33. The van der Waals surface area contributed by atoms with Gasteiger partial charge >= 0.3 is 19.7 Å². The maximum absolute atomic E-state index is 13.1. The first-order valence-electron chi connectivity index (χ1n) is 10.4. The van der Waals surface area contributed by atoms with E-state index in [-0.39, 0.29) is 23.0 Å². The van der Waals surface area contributed by atoms with Crippen molar-refractivity contribution in [1.82, 2.24) is 0 Å². The summed E-state index contributed by atoms with van der Waals surface area (Å²) in [5.41, 5.74) is 5.14. The molecule has 0 heterocycles. The third-order valence-corrected chi connectivity index (χ3v) is 7.54. The van der Waals surface area contributed by atoms with Crippen LogP contribution in [0.3, 0.4) is 0 Å². The molecule has 34 heavy (non-hydrogen) atoms. The first-order chi connectivity index (χ1) is 15.6. The van der Waals surface area contributed by atoms with Crippen molar-refractivity contribution in [3.8, 4) is 0 Å². The number of benzene rings is 2. The van der Waals surface area contributed by atoms with Crippen LogP contribution >= 0.6 is 31.0 Å². The number of aryl methyl sites for hydroxylation is 1. The van der Waals surface area contributed by atoms with E-state index in [1.165, 1.54) is 0 Å². The summed E-state index contributed by atoms with van der Waals surface area (Å²) < 4.78 is 50.5. The second kappa shape index (κ2) is 11.5. The van der Waals surface area contributed by atoms with Gasteiger partial charge in [-0.1, -0.05) is 42.8 Å². The molecule has 0 radical (unpaired) electrons. The Balaban J connectivity index is 2.21. The minimum atomic E-state index is -4.61. The Hall–Kier alpha value is -1.55. The highest BCUT2D eigenvalue weighted by molar-refractivity contribution is 7.99. The fourth-order valence-corrected chi connectivity index (χ4v) is 5.60. The lowest BCUT2D eigenvalue weighted by Crippen LogP contribution is -2.41. The van der Waals surface area contributed by atoms with Gasteiger partial charge in [-0.3, -0.25) is 4.57 Å². The van der Waals surface area contributed by atoms with Crippen molar-refractivity contribution < 1.29 is 37.4 Å². The van der Waals surface area contributed by atoms with Gasteiger partial charge in [-0.15, -0.1) is 0 Å². The van der Waals surface area contributed by atoms with Crippen LogP contribution in [0.15, 0.2) is 46.2 Å². The Bertz CT molecular complexity index is 1080. The highest BCUT2D eigenvalue weighted by Crippen LogP contribution is 2.40. The molecule has 188 valence electrons. The lowest BCUT2D eigenvalue weighted by Gasteiger charge is -2.30. The van der Waals surface area contributed by atoms with Gasteiger partial charge in [0.1, 0.15) is 0 Å². The Morgan fingerprint density at radius 1 is 1.12 bits per heavy atom. The van der Waals surface area contributed by atoms with Gasteiger partial charge in [0.2, 0.25) is 0 Å². The van der Waals surface area contributed by atoms with Crippen LogP contribution in [-0.4, -0.2) is 32.6 Å². The predicted octanol–water partition coefficient (Wildman–Crippen LogP) is 6.21. The Morgan fingerprint density at radius 3 is 2.32 bits per heavy atom. The number of nitrogens with two attached hydrogens (primary N) is 1. The maximum atomic E-state index is 13.1. The summed E-state index contributed by atoms with van der Waals surface area (Å²) in [6, 6.07) is 7.31. The molecule has 2 aromatic carbocycles. The minimum Gasteiger partial charge on any atom is -0.478 e. The summed E-state index contributed by atoms with van der Waals surface area (Å²) in [4.78, 5) is 30.2. The molecular weight excluding hydrogens is 514 g/mol. The number of carbonyl (C=O) groups is 1. The topological polar surface area (TPSA) is 121 Å². The predicted molar refractivity (Wildman–Crippen MR) is 126 cm³/mol. The van der Waals surface area contributed by atoms with E-state index in [9.17, 15) is 37.4 Å². The molecule has 0 unspecified atom stereocenters. The van der Waals surface area contributed by atoms with Crippen LogP contribution in [0, 0.1) is 0 Å². The Kier molecular flexibility index (Phi) is 9.67. The molecular formula is C22H26ClF3NO5PS. The molecule has 1 atom stereocenters. The monoisotopic (exact) mass is 539 g/mol. The van der Waals surface area contributed by atoms with Crippen molar-refractivity contribution in [2.75, 3.05) is 6.16 Å². The maximum Gasteiger partial charge on any atom is 0.416 e. The lowest BCUT2D eigenvalue weighted by atomic mass is 9.85. The highest BCUT2D eigenvalue weighted by atomic mass is 35.5. The zero-order valence-electron chi connectivity index (χ0n) is 18.3. The van der Waals surface area contributed by atoms with Crippen molar-refractivity contribution in [1.29, 1.82) is 0 Å². The van der Waals surface area contributed by atoms with Crippen molar-refractivity contribution in [3.63, 3.8) is 0 Å². The summed E-state index contributed by atoms with van der Waals surface area (Å²) in [7, 11) is -4.18. The van der Waals surface area contributed by atoms with E-state index in [1.807, 2.05) is 6.92 Å². The van der Waals surface area contributed by atoms with E-state index in [1.54, 1.807) is 18.2 Å². The number of halogens is 4. The number of hydrogen-bond donors (Lipinski definition) is 4. The normalized spacial score (nSPS) is 14.1. The molecule has 0 bridgehead atoms. The van der Waals surface area contributed by atoms with Crippen LogP contribution in [0.25, 0.3) is 0 Å². The molecule has 0 aromatic heterocycles. The van der Waals surface area contributed by atoms with Crippen molar-refractivity contribution >= 4 is 36.9 Å². The van der Waals surface area contributed by atoms with E-state index in [4.69, 9.17) is 17.3 Å². The van der Waals surface area contributed by atoms with Gasteiger partial charge in [-0.2, -0.15) is 13.2 Å². The molecule has 0 saturated heterocycles. The van der Waals surface area contributed by atoms with Gasteiger partial charge < -0.3 is 20.6 Å². The zero-order valence-corrected chi connectivity index (χ0v) is 20.8. The molecule has 2 aromatic rings. The number of aromatic carboxylic acids is 1. The molecule has 0 aliphatic carbocycles. The van der Waals surface area contributed by atoms with Gasteiger partial charge in [0.15, 0.2) is 0 Å². The molecule has 6 nitrogen and oxygen atoms in total. The molecule has 12 heteroatoms. The summed E-state index contributed by atoms with van der Waals surface area (Å²) in [5, 5.41) is 9.67. The van der Waals surface area contributed by atoms with E-state index >= 15 is 0 Å². The summed E-state index contributed by atoms with van der Waals surface area (Å²) in [6.45, 7) is 1.93. The first-order valence-corrected chi connectivity index (χ1v) is 13.4. The van der Waals surface area contributed by atoms with Crippen LogP contribution < -0.4 is 5.73 Å². The second-order valence-electron chi connectivity index (χ2n) is 8.12. The Morgan fingerprint density at radius 2 is 1.79 bits per heavy atom. The van der Waals surface area contributed by atoms with E-state index in [0.29, 0.717) is 29.2 Å². The van der Waals surface area contributed by atoms with Gasteiger partial charge in [0.05, 0.1) is 17.3 Å². The SMILES string of the molecule is CCC[C@](N)(CCc1ccc(Sc2cc(C(F)(F)F)ccc2C(=O)O)cc1Cl)CCP(=O)(O)O. The molecule has 0 aliphatic rings. The van der Waals surface area contributed by atoms with Crippen LogP contribution in [0.2, 0.25) is 5.02 Å². The van der Waals surface area contributed by atoms with Gasteiger partial charge in [0, 0.05) is 20.4 Å². The first kappa shape index (κ1) is 28.7. The average molecular weight is 540 g/mol. The zero-order chi connectivity index (χ0) is 25.7. The van der Waals surface area contributed by atoms with Gasteiger partial charge in [-0.25, -0.2) is 4.79 Å². The molecule has 2 rings (SSSR count). The Labute approximate surface area is 204 Å². The summed E-state index contributed by atoms with van der Waals surface area (Å²) in [5.74, 6) is -1.34. The summed E-state index contributed by atoms with van der Waals surface area (Å²) in [6.07, 6.45) is -2.58. The minimum absolute atomic E-state index is 0.0625. The van der Waals surface area contributed by atoms with Crippen molar-refractivity contribution in [2.45, 2.75) is 60.5 Å². The fraction of sp³-hybridized carbons (Fsp3) is 0.409. The van der Waals surface area contributed by atoms with Gasteiger partial charge in [0.25, 0.3) is 0 Å². The largest absolute Gasteiger partial charge is 0.478 e. The number of alkyl halides is 3. The smallest absolute Gasteiger partial charge is 0.416 e. The van der Waals surface area contributed by atoms with Crippen molar-refractivity contribution in [2.24, 2.45) is 5.73 Å². The van der Waals surface area contributed by atoms with Gasteiger partial charge in [-0.05, 0) is 61.6 Å². The number of carboxylic acid groups (broad SMARTS) is 1. The molecule has 0 saturated carbocycles. The van der Waals surface area contributed by atoms with E-state index < -0.39 is 30.8 Å². The fourth-order valence-electron chi connectivity index (χ4n) is 3.51. The molecule has 0 spiro atoms. The second-order valence-corrected chi connectivity index (χ2v) is 11.4. The van der Waals surface area contributed by atoms with Crippen molar-refractivity contribution in [3.05, 3.63) is 58.1 Å². The highest BCUT2D eigenvalue weighted by Gasteiger charge is 2.32. The molecule has 0 fully saturated rings. The number of rotatable bonds is 11. The number of carboxylic acids is 1. The third kappa shape index (κ3) is 8.59. The van der Waals surface area contributed by atoms with E-state index in [0.717, 1.165) is 41.9 Å². The average Bonchev–Trinajstić information content (AvgIpc) is 2.71. The summed E-state index contributed by atoms with van der Waals surface area (Å²) >= 11 is 7.24. The molecule has 0 aliphatic heterocycles. The quantitative estimate of drug-likeness (QED) is 0.251.